The number of benzene rings is 2. The molecule has 0 bridgehead atoms. The zero-order valence-electron chi connectivity index (χ0n) is 11.1. The quantitative estimate of drug-likeness (QED) is 0.877. The van der Waals surface area contributed by atoms with Crippen LogP contribution in [0.5, 0.6) is 0 Å². The molecule has 0 saturated carbocycles. The van der Waals surface area contributed by atoms with Crippen molar-refractivity contribution in [3.8, 4) is 0 Å². The van der Waals surface area contributed by atoms with E-state index in [1.165, 1.54) is 24.3 Å². The Morgan fingerprint density at radius 2 is 1.19 bits per heavy atom. The molecule has 6 nitrogen and oxygen atoms in total. The van der Waals surface area contributed by atoms with Gasteiger partial charge in [0, 0.05) is 0 Å². The highest BCUT2D eigenvalue weighted by Gasteiger charge is 2.16. The fourth-order valence-electron chi connectivity index (χ4n) is 1.66. The number of hydrogen-bond acceptors (Lipinski definition) is 4. The topological polar surface area (TPSA) is 92.3 Å². The summed E-state index contributed by atoms with van der Waals surface area (Å²) in [5, 5.41) is 0. The number of rotatable bonds is 5. The summed E-state index contributed by atoms with van der Waals surface area (Å²) in [4.78, 5) is 0.0964. The van der Waals surface area contributed by atoms with Crippen LogP contribution >= 0.6 is 0 Å². The molecule has 0 fully saturated rings. The molecule has 2 N–H and O–H groups in total. The first-order valence-electron chi connectivity index (χ1n) is 5.93. The molecule has 0 radical (unpaired) electrons. The minimum Gasteiger partial charge on any atom is -0.282 e. The normalized spacial score (nSPS) is 11.9. The first kappa shape index (κ1) is 15.3. The lowest BCUT2D eigenvalue weighted by molar-refractivity contribution is 0.600. The lowest BCUT2D eigenvalue weighted by Crippen LogP contribution is -2.16. The van der Waals surface area contributed by atoms with Crippen LogP contribution in [-0.2, 0) is 20.0 Å². The molecule has 0 spiro atoms. The molecule has 0 aliphatic rings. The molecule has 2 rings (SSSR count). The van der Waals surface area contributed by atoms with Gasteiger partial charge in [0.1, 0.15) is 0 Å². The number of nitrogens with one attached hydrogen (secondary N) is 2. The van der Waals surface area contributed by atoms with Gasteiger partial charge >= 0.3 is 0 Å². The van der Waals surface area contributed by atoms with Crippen molar-refractivity contribution < 1.29 is 16.8 Å². The zero-order valence-corrected chi connectivity index (χ0v) is 12.8. The predicted molar refractivity (Wildman–Crippen MR) is 82.2 cm³/mol. The maximum atomic E-state index is 12.2. The van der Waals surface area contributed by atoms with Crippen molar-refractivity contribution >= 4 is 31.4 Å². The van der Waals surface area contributed by atoms with Crippen molar-refractivity contribution in [3.05, 3.63) is 54.6 Å². The van der Waals surface area contributed by atoms with Gasteiger partial charge in [0.2, 0.25) is 10.0 Å². The highest BCUT2D eigenvalue weighted by Crippen LogP contribution is 2.24. The second kappa shape index (κ2) is 5.74. The van der Waals surface area contributed by atoms with E-state index < -0.39 is 20.0 Å². The molecule has 2 aromatic rings. The molecule has 8 heteroatoms. The Bertz CT molecular complexity index is 831. The first-order chi connectivity index (χ1) is 9.78. The van der Waals surface area contributed by atoms with Crippen molar-refractivity contribution in [1.82, 2.24) is 0 Å². The van der Waals surface area contributed by atoms with Crippen LogP contribution in [0.25, 0.3) is 0 Å². The second-order valence-electron chi connectivity index (χ2n) is 4.34. The van der Waals surface area contributed by atoms with Gasteiger partial charge in [-0.15, -0.1) is 0 Å². The number of sulfonamides is 2. The smallest absolute Gasteiger partial charge is 0.261 e. The lowest BCUT2D eigenvalue weighted by Gasteiger charge is -2.13. The van der Waals surface area contributed by atoms with E-state index in [4.69, 9.17) is 0 Å². The van der Waals surface area contributed by atoms with E-state index in [0.717, 1.165) is 6.26 Å². The third-order valence-corrected chi connectivity index (χ3v) is 4.49. The second-order valence-corrected chi connectivity index (χ2v) is 7.77. The SMILES string of the molecule is CS(=O)(=O)Nc1ccccc1NS(=O)(=O)c1ccccc1. The minimum atomic E-state index is -3.78. The summed E-state index contributed by atoms with van der Waals surface area (Å²) in [6, 6.07) is 14.0. The Hall–Kier alpha value is -2.06. The van der Waals surface area contributed by atoms with E-state index >= 15 is 0 Å². The largest absolute Gasteiger partial charge is 0.282 e. The Balaban J connectivity index is 2.36. The van der Waals surface area contributed by atoms with Crippen LogP contribution in [0, 0.1) is 0 Å². The molecule has 0 aromatic heterocycles. The minimum absolute atomic E-state index is 0.0964. The fourth-order valence-corrected chi connectivity index (χ4v) is 3.34. The van der Waals surface area contributed by atoms with Crippen LogP contribution in [-0.4, -0.2) is 23.1 Å². The molecule has 21 heavy (non-hydrogen) atoms. The third-order valence-electron chi connectivity index (χ3n) is 2.52. The Kier molecular flexibility index (Phi) is 4.19. The molecular weight excluding hydrogens is 312 g/mol. The average Bonchev–Trinajstić information content (AvgIpc) is 2.40. The summed E-state index contributed by atoms with van der Waals surface area (Å²) in [6.07, 6.45) is 0.996. The first-order valence-corrected chi connectivity index (χ1v) is 9.30. The monoisotopic (exact) mass is 326 g/mol. The Morgan fingerprint density at radius 3 is 1.71 bits per heavy atom. The molecule has 0 aliphatic carbocycles. The van der Waals surface area contributed by atoms with Crippen LogP contribution in [0.15, 0.2) is 59.5 Å². The maximum absolute atomic E-state index is 12.2. The molecule has 0 heterocycles. The van der Waals surface area contributed by atoms with Crippen molar-refractivity contribution in [3.63, 3.8) is 0 Å². The van der Waals surface area contributed by atoms with Gasteiger partial charge in [-0.05, 0) is 24.3 Å². The summed E-state index contributed by atoms with van der Waals surface area (Å²) in [6.45, 7) is 0. The summed E-state index contributed by atoms with van der Waals surface area (Å²) in [7, 11) is -7.28. The van der Waals surface area contributed by atoms with E-state index in [-0.39, 0.29) is 16.3 Å². The summed E-state index contributed by atoms with van der Waals surface area (Å²) < 4.78 is 51.7. The Morgan fingerprint density at radius 1 is 0.714 bits per heavy atom. The molecule has 112 valence electrons. The van der Waals surface area contributed by atoms with E-state index in [9.17, 15) is 16.8 Å². The number of hydrogen-bond donors (Lipinski definition) is 2. The van der Waals surface area contributed by atoms with E-state index in [0.29, 0.717) is 0 Å². The molecule has 0 aliphatic heterocycles. The zero-order chi connectivity index (χ0) is 15.5. The Labute approximate surface area is 123 Å². The van der Waals surface area contributed by atoms with Crippen molar-refractivity contribution in [2.24, 2.45) is 0 Å². The fraction of sp³-hybridized carbons (Fsp3) is 0.0769. The molecule has 0 unspecified atom stereocenters. The van der Waals surface area contributed by atoms with Gasteiger partial charge < -0.3 is 0 Å². The molecule has 0 amide bonds. The standard InChI is InChI=1S/C13H14N2O4S2/c1-20(16,17)14-12-9-5-6-10-13(12)15-21(18,19)11-7-3-2-4-8-11/h2-10,14-15H,1H3. The van der Waals surface area contributed by atoms with Gasteiger partial charge in [-0.2, -0.15) is 0 Å². The van der Waals surface area contributed by atoms with Gasteiger partial charge in [-0.1, -0.05) is 30.3 Å². The molecule has 2 aromatic carbocycles. The van der Waals surface area contributed by atoms with Crippen LogP contribution < -0.4 is 9.44 Å². The summed E-state index contributed by atoms with van der Waals surface area (Å²) in [5.41, 5.74) is 0.325. The van der Waals surface area contributed by atoms with Crippen LogP contribution in [0.4, 0.5) is 11.4 Å². The highest BCUT2D eigenvalue weighted by molar-refractivity contribution is 7.93. The predicted octanol–water partition coefficient (Wildman–Crippen LogP) is 1.86. The molecule has 0 saturated heterocycles. The maximum Gasteiger partial charge on any atom is 0.261 e. The highest BCUT2D eigenvalue weighted by atomic mass is 32.2. The lowest BCUT2D eigenvalue weighted by atomic mass is 10.3. The van der Waals surface area contributed by atoms with Crippen LogP contribution in [0.1, 0.15) is 0 Å². The van der Waals surface area contributed by atoms with Gasteiger partial charge in [-0.3, -0.25) is 9.44 Å². The summed E-state index contributed by atoms with van der Waals surface area (Å²) >= 11 is 0. The van der Waals surface area contributed by atoms with E-state index in [2.05, 4.69) is 9.44 Å². The van der Waals surface area contributed by atoms with E-state index in [1.54, 1.807) is 30.3 Å². The van der Waals surface area contributed by atoms with Crippen LogP contribution in [0.3, 0.4) is 0 Å². The van der Waals surface area contributed by atoms with Gasteiger partial charge in [0.15, 0.2) is 0 Å². The number of anilines is 2. The molecule has 0 atom stereocenters. The van der Waals surface area contributed by atoms with Gasteiger partial charge in [0.25, 0.3) is 10.0 Å². The average molecular weight is 326 g/mol. The number of para-hydroxylation sites is 2. The third kappa shape index (κ3) is 4.20. The van der Waals surface area contributed by atoms with Crippen LogP contribution in [0.2, 0.25) is 0 Å². The van der Waals surface area contributed by atoms with Gasteiger partial charge in [0.05, 0.1) is 22.5 Å². The van der Waals surface area contributed by atoms with E-state index in [1.807, 2.05) is 0 Å². The van der Waals surface area contributed by atoms with Crippen molar-refractivity contribution in [2.45, 2.75) is 4.90 Å². The summed E-state index contributed by atoms with van der Waals surface area (Å²) in [5.74, 6) is 0. The molecular formula is C13H14N2O4S2. The van der Waals surface area contributed by atoms with Gasteiger partial charge in [-0.25, -0.2) is 16.8 Å². The van der Waals surface area contributed by atoms with Crippen molar-refractivity contribution in [1.29, 1.82) is 0 Å². The van der Waals surface area contributed by atoms with Crippen molar-refractivity contribution in [2.75, 3.05) is 15.7 Å².